The van der Waals surface area contributed by atoms with Crippen molar-refractivity contribution in [2.75, 3.05) is 26.9 Å². The first-order valence-corrected chi connectivity index (χ1v) is 12.0. The molecular formula is C25H30N6O3. The van der Waals surface area contributed by atoms with Gasteiger partial charge in [0.05, 0.1) is 48.5 Å². The molecule has 3 aliphatic rings. The topological polar surface area (TPSA) is 99.8 Å². The lowest BCUT2D eigenvalue weighted by molar-refractivity contribution is 0.0511. The average Bonchev–Trinajstić information content (AvgIpc) is 3.42. The summed E-state index contributed by atoms with van der Waals surface area (Å²) in [5.41, 5.74) is 3.16. The van der Waals surface area contributed by atoms with Crippen LogP contribution >= 0.6 is 0 Å². The summed E-state index contributed by atoms with van der Waals surface area (Å²) in [6.45, 7) is 2.25. The van der Waals surface area contributed by atoms with Crippen molar-refractivity contribution in [2.24, 2.45) is 0 Å². The van der Waals surface area contributed by atoms with Gasteiger partial charge in [0, 0.05) is 43.0 Å². The van der Waals surface area contributed by atoms with Crippen molar-refractivity contribution in [1.82, 2.24) is 30.2 Å². The van der Waals surface area contributed by atoms with Gasteiger partial charge in [0.2, 0.25) is 5.88 Å². The average molecular weight is 463 g/mol. The zero-order chi connectivity index (χ0) is 23.1. The number of methoxy groups -OCH3 is 1. The predicted molar refractivity (Wildman–Crippen MR) is 127 cm³/mol. The highest BCUT2D eigenvalue weighted by molar-refractivity contribution is 5.78. The zero-order valence-corrected chi connectivity index (χ0v) is 19.3. The fourth-order valence-corrected chi connectivity index (χ4v) is 5.76. The summed E-state index contributed by atoms with van der Waals surface area (Å²) in [5, 5.41) is 19.9. The maximum atomic E-state index is 11.2. The maximum Gasteiger partial charge on any atom is 0.232 e. The number of rotatable bonds is 7. The largest absolute Gasteiger partial charge is 0.480 e. The van der Waals surface area contributed by atoms with Gasteiger partial charge in [-0.3, -0.25) is 10.2 Å². The van der Waals surface area contributed by atoms with Gasteiger partial charge in [-0.15, -0.1) is 0 Å². The van der Waals surface area contributed by atoms with Crippen LogP contribution in [0.2, 0.25) is 0 Å². The standard InChI is InChI=1S/C25H30N6O3/c1-33-24-12-26-21-4-2-3-20(25(21)29-24)22(32)14-31-18-5-6-19(31)10-17(9-18)27-15-30-8-7-23-16(13-30)11-28-34-23/h2-4,7,11-13,17-19,22,27,32H,5-6,8-10,14-15H2,1H3. The second kappa shape index (κ2) is 8.98. The number of aliphatic hydroxyl groups is 1. The first kappa shape index (κ1) is 21.5. The van der Waals surface area contributed by atoms with Crippen LogP contribution in [0.15, 0.2) is 35.1 Å². The van der Waals surface area contributed by atoms with E-state index in [1.54, 1.807) is 19.5 Å². The molecule has 2 N–H and O–H groups in total. The monoisotopic (exact) mass is 462 g/mol. The van der Waals surface area contributed by atoms with Crippen molar-refractivity contribution >= 4 is 23.3 Å². The molecule has 3 aliphatic heterocycles. The van der Waals surface area contributed by atoms with Gasteiger partial charge in [-0.2, -0.15) is 0 Å². The third-order valence-corrected chi connectivity index (χ3v) is 7.46. The van der Waals surface area contributed by atoms with E-state index in [0.29, 0.717) is 36.1 Å². The van der Waals surface area contributed by atoms with Crippen molar-refractivity contribution in [3.05, 3.63) is 46.8 Å². The molecule has 2 saturated heterocycles. The molecule has 0 aliphatic carbocycles. The molecule has 5 heterocycles. The molecule has 178 valence electrons. The molecule has 9 nitrogen and oxygen atoms in total. The molecule has 2 aromatic heterocycles. The zero-order valence-electron chi connectivity index (χ0n) is 19.3. The molecule has 2 bridgehead atoms. The quantitative estimate of drug-likeness (QED) is 0.527. The SMILES string of the molecule is COc1cnc2cccc(C(O)CN3C4CCC3CC(NCN3C=c5cnoc5=CC3)C4)c2n1. The number of piperidine rings is 1. The molecule has 2 fully saturated rings. The highest BCUT2D eigenvalue weighted by Gasteiger charge is 2.41. The fraction of sp³-hybridized carbons (Fsp3) is 0.480. The number of ether oxygens (including phenoxy) is 1. The van der Waals surface area contributed by atoms with Gasteiger partial charge in [-0.05, 0) is 37.8 Å². The number of benzene rings is 1. The first-order chi connectivity index (χ1) is 16.7. The van der Waals surface area contributed by atoms with Gasteiger partial charge in [0.15, 0.2) is 5.42 Å². The number of hydrogen-bond donors (Lipinski definition) is 2. The van der Waals surface area contributed by atoms with Crippen LogP contribution in [0.3, 0.4) is 0 Å². The Kier molecular flexibility index (Phi) is 5.68. The van der Waals surface area contributed by atoms with Crippen LogP contribution in [0.25, 0.3) is 23.3 Å². The minimum absolute atomic E-state index is 0.461. The second-order valence-electron chi connectivity index (χ2n) is 9.51. The lowest BCUT2D eigenvalue weighted by Gasteiger charge is -2.40. The number of nitrogens with zero attached hydrogens (tertiary/aromatic N) is 5. The normalized spacial score (nSPS) is 25.0. The summed E-state index contributed by atoms with van der Waals surface area (Å²) in [4.78, 5) is 13.8. The van der Waals surface area contributed by atoms with E-state index in [1.165, 1.54) is 12.8 Å². The molecule has 3 atom stereocenters. The lowest BCUT2D eigenvalue weighted by Crippen LogP contribution is -2.52. The Morgan fingerprint density at radius 3 is 2.91 bits per heavy atom. The third kappa shape index (κ3) is 4.04. The van der Waals surface area contributed by atoms with E-state index in [2.05, 4.69) is 42.5 Å². The van der Waals surface area contributed by atoms with Gasteiger partial charge in [-0.1, -0.05) is 17.3 Å². The van der Waals surface area contributed by atoms with Gasteiger partial charge < -0.3 is 19.3 Å². The summed E-state index contributed by atoms with van der Waals surface area (Å²) >= 11 is 0. The smallest absolute Gasteiger partial charge is 0.232 e. The summed E-state index contributed by atoms with van der Waals surface area (Å²) in [7, 11) is 1.58. The maximum absolute atomic E-state index is 11.2. The molecule has 0 amide bonds. The summed E-state index contributed by atoms with van der Waals surface area (Å²) < 4.78 is 10.5. The van der Waals surface area contributed by atoms with Gasteiger partial charge >= 0.3 is 0 Å². The lowest BCUT2D eigenvalue weighted by atomic mass is 9.96. The minimum atomic E-state index is -0.617. The fourth-order valence-electron chi connectivity index (χ4n) is 5.76. The van der Waals surface area contributed by atoms with Crippen molar-refractivity contribution in [1.29, 1.82) is 0 Å². The Labute approximate surface area is 197 Å². The van der Waals surface area contributed by atoms with E-state index in [1.807, 2.05) is 18.2 Å². The van der Waals surface area contributed by atoms with E-state index in [0.717, 1.165) is 47.8 Å². The highest BCUT2D eigenvalue weighted by atomic mass is 16.5. The summed E-state index contributed by atoms with van der Waals surface area (Å²) in [6.07, 6.45) is 11.5. The van der Waals surface area contributed by atoms with E-state index in [4.69, 9.17) is 9.26 Å². The molecule has 3 aromatic rings. The van der Waals surface area contributed by atoms with E-state index in [-0.39, 0.29) is 0 Å². The van der Waals surface area contributed by atoms with Crippen LogP contribution in [-0.4, -0.2) is 75.0 Å². The van der Waals surface area contributed by atoms with Crippen molar-refractivity contribution in [3.63, 3.8) is 0 Å². The van der Waals surface area contributed by atoms with Gasteiger partial charge in [0.25, 0.3) is 0 Å². The van der Waals surface area contributed by atoms with Crippen LogP contribution < -0.4 is 20.7 Å². The Hall–Kier alpha value is -3.01. The Balaban J connectivity index is 1.10. The molecule has 0 radical (unpaired) electrons. The van der Waals surface area contributed by atoms with Crippen LogP contribution in [0.4, 0.5) is 0 Å². The van der Waals surface area contributed by atoms with E-state index >= 15 is 0 Å². The number of nitrogens with one attached hydrogen (secondary N) is 1. The summed E-state index contributed by atoms with van der Waals surface area (Å²) in [6, 6.07) is 7.26. The minimum Gasteiger partial charge on any atom is -0.480 e. The summed E-state index contributed by atoms with van der Waals surface area (Å²) in [5.74, 6) is 0.461. The number of hydrogen-bond acceptors (Lipinski definition) is 9. The molecule has 6 rings (SSSR count). The van der Waals surface area contributed by atoms with Crippen molar-refractivity contribution in [2.45, 2.75) is 49.9 Å². The van der Waals surface area contributed by atoms with Crippen molar-refractivity contribution in [3.8, 4) is 5.88 Å². The first-order valence-electron chi connectivity index (χ1n) is 12.0. The van der Waals surface area contributed by atoms with E-state index in [9.17, 15) is 5.11 Å². The molecule has 0 spiro atoms. The Morgan fingerprint density at radius 1 is 1.24 bits per heavy atom. The van der Waals surface area contributed by atoms with Crippen molar-refractivity contribution < 1.29 is 14.4 Å². The van der Waals surface area contributed by atoms with Crippen LogP contribution in [-0.2, 0) is 0 Å². The highest BCUT2D eigenvalue weighted by Crippen LogP contribution is 2.37. The van der Waals surface area contributed by atoms with Crippen LogP contribution in [0, 0.1) is 0 Å². The molecule has 0 saturated carbocycles. The molecule has 34 heavy (non-hydrogen) atoms. The number of aliphatic hydroxyl groups excluding tert-OH is 1. The molecule has 1 aromatic carbocycles. The van der Waals surface area contributed by atoms with Gasteiger partial charge in [0.1, 0.15) is 0 Å². The predicted octanol–water partition coefficient (Wildman–Crippen LogP) is 0.737. The number of aromatic nitrogens is 3. The Bertz CT molecular complexity index is 1280. The Morgan fingerprint density at radius 2 is 2.09 bits per heavy atom. The molecular weight excluding hydrogens is 432 g/mol. The molecule has 3 unspecified atom stereocenters. The van der Waals surface area contributed by atoms with Gasteiger partial charge in [-0.25, -0.2) is 9.97 Å². The van der Waals surface area contributed by atoms with E-state index < -0.39 is 6.10 Å². The second-order valence-corrected chi connectivity index (χ2v) is 9.51. The number of para-hydroxylation sites is 1. The van der Waals surface area contributed by atoms with Crippen LogP contribution in [0.5, 0.6) is 5.88 Å². The van der Waals surface area contributed by atoms with Crippen LogP contribution in [0.1, 0.15) is 37.4 Å². The number of fused-ring (bicyclic) bond motifs is 4. The molecule has 9 heteroatoms. The third-order valence-electron chi connectivity index (χ3n) is 7.46.